The molecule has 0 spiro atoms. The number of hydrogen-bond donors (Lipinski definition) is 0. The molecular weight excluding hydrogens is 264 g/mol. The molecule has 21 heavy (non-hydrogen) atoms. The highest BCUT2D eigenvalue weighted by Gasteiger charge is 2.28. The van der Waals surface area contributed by atoms with Crippen LogP contribution >= 0.6 is 0 Å². The van der Waals surface area contributed by atoms with E-state index in [1.165, 1.54) is 17.7 Å². The molecule has 1 atom stereocenters. The maximum absolute atomic E-state index is 12.7. The van der Waals surface area contributed by atoms with Gasteiger partial charge in [-0.15, -0.1) is 0 Å². The smallest absolute Gasteiger partial charge is 0.257 e. The van der Waals surface area contributed by atoms with Crippen LogP contribution in [-0.4, -0.2) is 24.7 Å². The Hall–Kier alpha value is -1.86. The maximum atomic E-state index is 12.7. The Kier molecular flexibility index (Phi) is 5.77. The van der Waals surface area contributed by atoms with Gasteiger partial charge in [0.2, 0.25) is 0 Å². The number of para-hydroxylation sites is 1. The second kappa shape index (κ2) is 7.80. The summed E-state index contributed by atoms with van der Waals surface area (Å²) in [6, 6.07) is 11.4. The Bertz CT molecular complexity index is 489. The summed E-state index contributed by atoms with van der Waals surface area (Å²) in [5, 5.41) is 9.00. The van der Waals surface area contributed by atoms with Crippen molar-refractivity contribution >= 4 is 11.6 Å². The molecule has 1 amide bonds. The molecule has 1 saturated carbocycles. The minimum Gasteiger partial charge on any atom is -0.365 e. The average molecular weight is 286 g/mol. The Morgan fingerprint density at radius 1 is 1.38 bits per heavy atom. The van der Waals surface area contributed by atoms with E-state index in [2.05, 4.69) is 6.07 Å². The lowest BCUT2D eigenvalue weighted by atomic mass is 10.2. The quantitative estimate of drug-likeness (QED) is 0.754. The van der Waals surface area contributed by atoms with Crippen LogP contribution in [0.5, 0.6) is 0 Å². The van der Waals surface area contributed by atoms with Crippen LogP contribution in [0.25, 0.3) is 0 Å². The zero-order valence-corrected chi connectivity index (χ0v) is 12.5. The van der Waals surface area contributed by atoms with Gasteiger partial charge in [0.05, 0.1) is 12.2 Å². The molecule has 1 aliphatic carbocycles. The summed E-state index contributed by atoms with van der Waals surface area (Å²) in [6.07, 6.45) is 4.79. The first-order valence-corrected chi connectivity index (χ1v) is 7.65. The summed E-state index contributed by atoms with van der Waals surface area (Å²) < 4.78 is 5.97. The van der Waals surface area contributed by atoms with E-state index in [0.717, 1.165) is 18.5 Å². The van der Waals surface area contributed by atoms with Crippen LogP contribution in [0.15, 0.2) is 30.3 Å². The second-order valence-electron chi connectivity index (χ2n) is 5.36. The van der Waals surface area contributed by atoms with Crippen LogP contribution in [0.2, 0.25) is 0 Å². The third-order valence-electron chi connectivity index (χ3n) is 3.87. The predicted octanol–water partition coefficient (Wildman–Crippen LogP) is 3.28. The van der Waals surface area contributed by atoms with Gasteiger partial charge in [0.1, 0.15) is 12.6 Å². The van der Waals surface area contributed by atoms with Crippen molar-refractivity contribution in [1.82, 2.24) is 0 Å². The summed E-state index contributed by atoms with van der Waals surface area (Å²) in [5.41, 5.74) is 0.748. The van der Waals surface area contributed by atoms with Crippen molar-refractivity contribution in [3.8, 4) is 6.07 Å². The van der Waals surface area contributed by atoms with Crippen molar-refractivity contribution in [2.24, 2.45) is 0 Å². The predicted molar refractivity (Wildman–Crippen MR) is 81.8 cm³/mol. The van der Waals surface area contributed by atoms with Crippen LogP contribution in [0, 0.1) is 11.3 Å². The lowest BCUT2D eigenvalue weighted by molar-refractivity contribution is -0.133. The van der Waals surface area contributed by atoms with Gasteiger partial charge in [-0.1, -0.05) is 38.0 Å². The summed E-state index contributed by atoms with van der Waals surface area (Å²) in [6.45, 7) is 2.00. The third-order valence-corrected chi connectivity index (χ3v) is 3.87. The van der Waals surface area contributed by atoms with Crippen LogP contribution in [0.4, 0.5) is 5.69 Å². The minimum absolute atomic E-state index is 0.0490. The van der Waals surface area contributed by atoms with Gasteiger partial charge in [0, 0.05) is 5.69 Å². The number of nitriles is 1. The van der Waals surface area contributed by atoms with Gasteiger partial charge in [0.15, 0.2) is 0 Å². The Labute approximate surface area is 126 Å². The topological polar surface area (TPSA) is 53.3 Å². The molecule has 1 aromatic rings. The first-order valence-electron chi connectivity index (χ1n) is 7.65. The van der Waals surface area contributed by atoms with Gasteiger partial charge < -0.3 is 4.74 Å². The number of rotatable bonds is 6. The van der Waals surface area contributed by atoms with Crippen molar-refractivity contribution in [1.29, 1.82) is 5.26 Å². The highest BCUT2D eigenvalue weighted by molar-refractivity contribution is 5.96. The fourth-order valence-electron chi connectivity index (χ4n) is 2.73. The summed E-state index contributed by atoms with van der Waals surface area (Å²) in [7, 11) is 0. The second-order valence-corrected chi connectivity index (χ2v) is 5.36. The maximum Gasteiger partial charge on any atom is 0.257 e. The fourth-order valence-corrected chi connectivity index (χ4v) is 2.73. The summed E-state index contributed by atoms with van der Waals surface area (Å²) in [4.78, 5) is 14.2. The molecule has 0 aliphatic heterocycles. The molecule has 0 unspecified atom stereocenters. The molecular formula is C17H22N2O2. The van der Waals surface area contributed by atoms with Crippen LogP contribution < -0.4 is 4.90 Å². The van der Waals surface area contributed by atoms with Crippen molar-refractivity contribution in [2.75, 3.05) is 11.4 Å². The highest BCUT2D eigenvalue weighted by Crippen LogP contribution is 2.24. The molecule has 0 N–H and O–H groups in total. The normalized spacial score (nSPS) is 16.4. The average Bonchev–Trinajstić information content (AvgIpc) is 3.03. The lowest BCUT2D eigenvalue weighted by Gasteiger charge is -2.27. The van der Waals surface area contributed by atoms with Crippen molar-refractivity contribution < 1.29 is 9.53 Å². The van der Waals surface area contributed by atoms with Crippen LogP contribution in [0.3, 0.4) is 0 Å². The van der Waals surface area contributed by atoms with E-state index in [0.29, 0.717) is 6.42 Å². The molecule has 1 aromatic carbocycles. The monoisotopic (exact) mass is 286 g/mol. The standard InChI is InChI=1S/C17H22N2O2/c1-2-16(21-15-10-6-7-11-15)17(20)19(13-12-18)14-8-4-3-5-9-14/h3-5,8-9,15-16H,2,6-7,10-11,13H2,1H3/t16-/m1/s1. The molecule has 4 heteroatoms. The highest BCUT2D eigenvalue weighted by atomic mass is 16.5. The number of nitrogens with zero attached hydrogens (tertiary/aromatic N) is 2. The van der Waals surface area contributed by atoms with Gasteiger partial charge in [-0.2, -0.15) is 5.26 Å². The Morgan fingerprint density at radius 2 is 2.05 bits per heavy atom. The van der Waals surface area contributed by atoms with E-state index in [9.17, 15) is 4.79 Å². The molecule has 0 heterocycles. The van der Waals surface area contributed by atoms with Crippen molar-refractivity contribution in [3.63, 3.8) is 0 Å². The van der Waals surface area contributed by atoms with E-state index in [4.69, 9.17) is 10.00 Å². The largest absolute Gasteiger partial charge is 0.365 e. The van der Waals surface area contributed by atoms with Crippen molar-refractivity contribution in [3.05, 3.63) is 30.3 Å². The van der Waals surface area contributed by atoms with Gasteiger partial charge >= 0.3 is 0 Å². The number of carbonyl (C=O) groups excluding carboxylic acids is 1. The molecule has 0 aromatic heterocycles. The number of ether oxygens (including phenoxy) is 1. The number of anilines is 1. The first-order chi connectivity index (χ1) is 10.3. The van der Waals surface area contributed by atoms with Gasteiger partial charge in [-0.05, 0) is 31.4 Å². The van der Waals surface area contributed by atoms with E-state index in [1.54, 1.807) is 0 Å². The van der Waals surface area contributed by atoms with Crippen LogP contribution in [0.1, 0.15) is 39.0 Å². The van der Waals surface area contributed by atoms with E-state index in [1.807, 2.05) is 37.3 Å². The lowest BCUT2D eigenvalue weighted by Crippen LogP contribution is -2.42. The molecule has 0 radical (unpaired) electrons. The van der Waals surface area contributed by atoms with E-state index >= 15 is 0 Å². The number of hydrogen-bond acceptors (Lipinski definition) is 3. The molecule has 112 valence electrons. The van der Waals surface area contributed by atoms with Crippen LogP contribution in [-0.2, 0) is 9.53 Å². The molecule has 2 rings (SSSR count). The van der Waals surface area contributed by atoms with E-state index in [-0.39, 0.29) is 18.6 Å². The third kappa shape index (κ3) is 4.05. The molecule has 1 fully saturated rings. The van der Waals surface area contributed by atoms with Gasteiger partial charge in [-0.3, -0.25) is 9.69 Å². The number of benzene rings is 1. The van der Waals surface area contributed by atoms with Gasteiger partial charge in [0.25, 0.3) is 5.91 Å². The molecule has 0 bridgehead atoms. The molecule has 1 aliphatic rings. The number of amides is 1. The zero-order chi connectivity index (χ0) is 15.1. The zero-order valence-electron chi connectivity index (χ0n) is 12.5. The summed E-state index contributed by atoms with van der Waals surface area (Å²) in [5.74, 6) is -0.114. The minimum atomic E-state index is -0.457. The molecule has 4 nitrogen and oxygen atoms in total. The first kappa shape index (κ1) is 15.5. The summed E-state index contributed by atoms with van der Waals surface area (Å²) >= 11 is 0. The Balaban J connectivity index is 2.10. The SMILES string of the molecule is CC[C@@H](OC1CCCC1)C(=O)N(CC#N)c1ccccc1. The van der Waals surface area contributed by atoms with E-state index < -0.39 is 6.10 Å². The van der Waals surface area contributed by atoms with Crippen molar-refractivity contribution in [2.45, 2.75) is 51.2 Å². The van der Waals surface area contributed by atoms with Gasteiger partial charge in [-0.25, -0.2) is 0 Å². The molecule has 0 saturated heterocycles. The Morgan fingerprint density at radius 3 is 2.62 bits per heavy atom. The fraction of sp³-hybridized carbons (Fsp3) is 0.529. The number of carbonyl (C=O) groups is 1.